The van der Waals surface area contributed by atoms with Gasteiger partial charge in [-0.15, -0.1) is 0 Å². The number of anilines is 2. The molecule has 1 atom stereocenters. The number of nitrogens with two attached hydrogens (primary N) is 1. The van der Waals surface area contributed by atoms with E-state index in [1.807, 2.05) is 54.6 Å². The van der Waals surface area contributed by atoms with Crippen LogP contribution in [0.4, 0.5) is 11.8 Å². The Balaban J connectivity index is 1.39. The van der Waals surface area contributed by atoms with E-state index < -0.39 is 0 Å². The van der Waals surface area contributed by atoms with E-state index in [0.29, 0.717) is 35.7 Å². The van der Waals surface area contributed by atoms with Crippen LogP contribution in [-0.2, 0) is 0 Å². The summed E-state index contributed by atoms with van der Waals surface area (Å²) in [6.45, 7) is 4.98. The first kappa shape index (κ1) is 24.7. The molecule has 1 aliphatic rings. The third kappa shape index (κ3) is 4.60. The summed E-state index contributed by atoms with van der Waals surface area (Å²) in [5.41, 5.74) is 10.2. The van der Waals surface area contributed by atoms with E-state index in [1.165, 1.54) is 6.33 Å². The zero-order chi connectivity index (χ0) is 26.9. The van der Waals surface area contributed by atoms with E-state index in [4.69, 9.17) is 32.6 Å². The second kappa shape index (κ2) is 10.2. The lowest BCUT2D eigenvalue weighted by atomic mass is 10.1. The summed E-state index contributed by atoms with van der Waals surface area (Å²) < 4.78 is 2.12. The molecule has 0 bridgehead atoms. The molecule has 11 nitrogen and oxygen atoms in total. The van der Waals surface area contributed by atoms with Crippen LogP contribution in [0.15, 0.2) is 61.1 Å². The molecule has 12 heteroatoms. The molecule has 39 heavy (non-hydrogen) atoms. The van der Waals surface area contributed by atoms with Gasteiger partial charge in [-0.25, -0.2) is 24.9 Å². The standard InChI is InChI=1S/C27H24ClN11/c1-17(37-11-13-38(14-12-37)27-33-16-32-23(15-29)36-27)39-25(19-6-4-10-31-24(19)30)35-22-9-8-21(34-26(22)39)18-5-2-3-7-20(18)28/h2-10,16-17H,11-14H2,1H3,(H2,30,31). The molecule has 0 amide bonds. The number of hydrogen-bond donors (Lipinski definition) is 1. The number of halogens is 1. The van der Waals surface area contributed by atoms with Crippen molar-refractivity contribution >= 4 is 34.5 Å². The van der Waals surface area contributed by atoms with Crippen LogP contribution in [0.1, 0.15) is 18.9 Å². The maximum absolute atomic E-state index is 9.15. The second-order valence-electron chi connectivity index (χ2n) is 9.14. The van der Waals surface area contributed by atoms with E-state index in [0.717, 1.165) is 41.1 Å². The van der Waals surface area contributed by atoms with Crippen LogP contribution in [0.2, 0.25) is 5.02 Å². The lowest BCUT2D eigenvalue weighted by molar-refractivity contribution is 0.149. The van der Waals surface area contributed by atoms with Gasteiger partial charge in [0.1, 0.15) is 29.6 Å². The summed E-state index contributed by atoms with van der Waals surface area (Å²) in [6, 6.07) is 17.3. The molecule has 1 aliphatic heterocycles. The van der Waals surface area contributed by atoms with Gasteiger partial charge in [0.05, 0.1) is 17.4 Å². The van der Waals surface area contributed by atoms with Crippen molar-refractivity contribution in [3.63, 3.8) is 0 Å². The van der Waals surface area contributed by atoms with Crippen molar-refractivity contribution in [1.29, 1.82) is 5.26 Å². The highest BCUT2D eigenvalue weighted by Crippen LogP contribution is 2.34. The fourth-order valence-electron chi connectivity index (χ4n) is 4.90. The van der Waals surface area contributed by atoms with Crippen molar-refractivity contribution in [2.24, 2.45) is 0 Å². The number of nitrogen functional groups attached to an aromatic ring is 1. The van der Waals surface area contributed by atoms with Crippen LogP contribution in [0.5, 0.6) is 0 Å². The van der Waals surface area contributed by atoms with Crippen molar-refractivity contribution < 1.29 is 0 Å². The third-order valence-corrected chi connectivity index (χ3v) is 7.25. The Morgan fingerprint density at radius 3 is 2.49 bits per heavy atom. The Bertz CT molecular complexity index is 1700. The van der Waals surface area contributed by atoms with Gasteiger partial charge in [-0.3, -0.25) is 9.47 Å². The topological polar surface area (TPSA) is 139 Å². The number of piperazine rings is 1. The number of imidazole rings is 1. The Kier molecular flexibility index (Phi) is 6.48. The fraction of sp³-hybridized carbons (Fsp3) is 0.222. The van der Waals surface area contributed by atoms with Crippen molar-refractivity contribution in [3.05, 3.63) is 71.9 Å². The monoisotopic (exact) mass is 537 g/mol. The molecule has 1 saturated heterocycles. The largest absolute Gasteiger partial charge is 0.383 e. The van der Waals surface area contributed by atoms with Gasteiger partial charge in [-0.1, -0.05) is 29.8 Å². The van der Waals surface area contributed by atoms with Crippen LogP contribution in [0.25, 0.3) is 33.8 Å². The second-order valence-corrected chi connectivity index (χ2v) is 9.54. The molecule has 0 radical (unpaired) electrons. The first-order valence-corrected chi connectivity index (χ1v) is 12.8. The summed E-state index contributed by atoms with van der Waals surface area (Å²) in [6.07, 6.45) is 2.94. The van der Waals surface area contributed by atoms with E-state index >= 15 is 0 Å². The fourth-order valence-corrected chi connectivity index (χ4v) is 5.13. The number of pyridine rings is 2. The number of nitriles is 1. The Labute approximate surface area is 229 Å². The molecule has 2 N–H and O–H groups in total. The van der Waals surface area contributed by atoms with Crippen LogP contribution >= 0.6 is 11.6 Å². The Hall–Kier alpha value is -4.66. The highest BCUT2D eigenvalue weighted by molar-refractivity contribution is 6.33. The first-order valence-electron chi connectivity index (χ1n) is 12.5. The van der Waals surface area contributed by atoms with Crippen LogP contribution in [0, 0.1) is 11.3 Å². The quantitative estimate of drug-likeness (QED) is 0.352. The molecule has 194 valence electrons. The van der Waals surface area contributed by atoms with Gasteiger partial charge in [0.2, 0.25) is 11.8 Å². The molecule has 6 rings (SSSR count). The summed E-state index contributed by atoms with van der Waals surface area (Å²) in [4.78, 5) is 31.1. The van der Waals surface area contributed by atoms with Gasteiger partial charge in [-0.05, 0) is 37.3 Å². The number of rotatable bonds is 5. The van der Waals surface area contributed by atoms with Gasteiger partial charge in [0.15, 0.2) is 5.65 Å². The van der Waals surface area contributed by atoms with Gasteiger partial charge >= 0.3 is 0 Å². The number of nitrogens with zero attached hydrogens (tertiary/aromatic N) is 10. The maximum Gasteiger partial charge on any atom is 0.236 e. The minimum atomic E-state index is -0.103. The van der Waals surface area contributed by atoms with Crippen LogP contribution in [0.3, 0.4) is 0 Å². The summed E-state index contributed by atoms with van der Waals surface area (Å²) >= 11 is 6.51. The number of hydrogen-bond acceptors (Lipinski definition) is 10. The Morgan fingerprint density at radius 1 is 0.923 bits per heavy atom. The van der Waals surface area contributed by atoms with Crippen molar-refractivity contribution in [2.75, 3.05) is 36.8 Å². The average molecular weight is 538 g/mol. The highest BCUT2D eigenvalue weighted by Gasteiger charge is 2.28. The average Bonchev–Trinajstić information content (AvgIpc) is 3.36. The van der Waals surface area contributed by atoms with Crippen LogP contribution in [-0.4, -0.2) is 65.5 Å². The zero-order valence-corrected chi connectivity index (χ0v) is 21.9. The van der Waals surface area contributed by atoms with Gasteiger partial charge in [0, 0.05) is 43.0 Å². The molecule has 1 fully saturated rings. The predicted molar refractivity (Wildman–Crippen MR) is 149 cm³/mol. The predicted octanol–water partition coefficient (Wildman–Crippen LogP) is 3.79. The molecule has 0 spiro atoms. The van der Waals surface area contributed by atoms with E-state index in [2.05, 4.69) is 41.2 Å². The SMILES string of the molecule is CC(N1CCN(c2ncnc(C#N)n2)CC1)n1c(-c2cccnc2N)nc2ccc(-c3ccccc3Cl)nc21. The molecule has 4 aromatic heterocycles. The van der Waals surface area contributed by atoms with Crippen molar-refractivity contribution in [1.82, 2.24) is 39.4 Å². The lowest BCUT2D eigenvalue weighted by Gasteiger charge is -2.38. The summed E-state index contributed by atoms with van der Waals surface area (Å²) in [5, 5.41) is 9.78. The molecular weight excluding hydrogens is 514 g/mol. The molecule has 1 unspecified atom stereocenters. The van der Waals surface area contributed by atoms with Gasteiger partial charge in [-0.2, -0.15) is 10.2 Å². The molecule has 0 saturated carbocycles. The molecule has 5 aromatic rings. The van der Waals surface area contributed by atoms with Crippen molar-refractivity contribution in [3.8, 4) is 28.7 Å². The molecule has 0 aliphatic carbocycles. The maximum atomic E-state index is 9.15. The first-order chi connectivity index (χ1) is 19.0. The number of fused-ring (bicyclic) bond motifs is 1. The third-order valence-electron chi connectivity index (χ3n) is 6.92. The minimum Gasteiger partial charge on any atom is -0.383 e. The highest BCUT2D eigenvalue weighted by atomic mass is 35.5. The minimum absolute atomic E-state index is 0.103. The van der Waals surface area contributed by atoms with Crippen LogP contribution < -0.4 is 10.6 Å². The summed E-state index contributed by atoms with van der Waals surface area (Å²) in [7, 11) is 0. The molecule has 1 aromatic carbocycles. The van der Waals surface area contributed by atoms with Crippen molar-refractivity contribution in [2.45, 2.75) is 13.1 Å². The molecule has 5 heterocycles. The number of aromatic nitrogens is 7. The van der Waals surface area contributed by atoms with E-state index in [-0.39, 0.29) is 12.0 Å². The zero-order valence-electron chi connectivity index (χ0n) is 21.1. The van der Waals surface area contributed by atoms with Gasteiger partial charge in [0.25, 0.3) is 0 Å². The van der Waals surface area contributed by atoms with E-state index in [9.17, 15) is 0 Å². The molecular formula is C27H24ClN11. The normalized spacial score (nSPS) is 14.8. The summed E-state index contributed by atoms with van der Waals surface area (Å²) in [5.74, 6) is 1.72. The lowest BCUT2D eigenvalue weighted by Crippen LogP contribution is -2.49. The van der Waals surface area contributed by atoms with Gasteiger partial charge < -0.3 is 10.6 Å². The van der Waals surface area contributed by atoms with E-state index in [1.54, 1.807) is 6.20 Å². The number of benzene rings is 1. The smallest absolute Gasteiger partial charge is 0.236 e. The Morgan fingerprint density at radius 2 is 1.72 bits per heavy atom.